The van der Waals surface area contributed by atoms with Gasteiger partial charge in [0.25, 0.3) is 0 Å². The minimum atomic E-state index is -1.09. The molecule has 2 aromatic carbocycles. The van der Waals surface area contributed by atoms with Crippen molar-refractivity contribution in [3.63, 3.8) is 0 Å². The molecule has 194 valence electrons. The fourth-order valence-corrected chi connectivity index (χ4v) is 4.63. The van der Waals surface area contributed by atoms with Crippen molar-refractivity contribution in [3.8, 4) is 11.1 Å². The molecule has 0 radical (unpaired) electrons. The molecular formula is C29H36O7. The fourth-order valence-electron chi connectivity index (χ4n) is 4.63. The molecule has 7 heteroatoms. The minimum absolute atomic E-state index is 0.0457. The van der Waals surface area contributed by atoms with E-state index in [2.05, 4.69) is 0 Å². The van der Waals surface area contributed by atoms with Crippen molar-refractivity contribution in [2.24, 2.45) is 11.8 Å². The van der Waals surface area contributed by atoms with Gasteiger partial charge in [0.15, 0.2) is 0 Å². The number of hydrogen-bond donors (Lipinski definition) is 3. The molecule has 0 unspecified atom stereocenters. The van der Waals surface area contributed by atoms with Crippen LogP contribution in [0, 0.1) is 11.8 Å². The van der Waals surface area contributed by atoms with Gasteiger partial charge in [-0.15, -0.1) is 0 Å². The quantitative estimate of drug-likeness (QED) is 0.282. The lowest BCUT2D eigenvalue weighted by Gasteiger charge is -2.27. The number of carbonyl (C=O) groups excluding carboxylic acids is 1. The molecule has 3 N–H and O–H groups in total. The van der Waals surface area contributed by atoms with Crippen molar-refractivity contribution in [2.45, 2.75) is 64.3 Å². The number of aliphatic hydroxyl groups excluding tert-OH is 2. The number of carboxylic acids is 1. The molecule has 0 bridgehead atoms. The number of aliphatic hydroxyl groups is 2. The van der Waals surface area contributed by atoms with E-state index in [9.17, 15) is 24.9 Å². The molecule has 0 amide bonds. The molecular weight excluding hydrogens is 460 g/mol. The maximum absolute atomic E-state index is 12.9. The van der Waals surface area contributed by atoms with E-state index in [-0.39, 0.29) is 18.6 Å². The summed E-state index contributed by atoms with van der Waals surface area (Å²) in [5.41, 5.74) is 1.78. The van der Waals surface area contributed by atoms with Crippen molar-refractivity contribution >= 4 is 11.9 Å². The summed E-state index contributed by atoms with van der Waals surface area (Å²) < 4.78 is 11.5. The Kier molecular flexibility index (Phi) is 9.29. The number of carboxylic acid groups (broad SMARTS) is 1. The van der Waals surface area contributed by atoms with Gasteiger partial charge >= 0.3 is 11.9 Å². The van der Waals surface area contributed by atoms with Crippen LogP contribution in [-0.2, 0) is 14.3 Å². The lowest BCUT2D eigenvalue weighted by Crippen LogP contribution is -2.30. The monoisotopic (exact) mass is 496 g/mol. The Bertz CT molecular complexity index is 1040. The van der Waals surface area contributed by atoms with E-state index in [0.29, 0.717) is 18.6 Å². The molecule has 1 aliphatic rings. The number of benzene rings is 2. The molecule has 7 nitrogen and oxygen atoms in total. The minimum Gasteiger partial charge on any atom is -0.512 e. The zero-order valence-corrected chi connectivity index (χ0v) is 21.1. The number of carbonyl (C=O) groups is 2. The SMILES string of the molecule is CCCOC(C)(C)CC=C(O)[C@@H]1[C@@H](CC(=O)O)[C@@H](O)C[C@@H]1OC(=O)c1ccc(-c2ccccc2)cc1. The van der Waals surface area contributed by atoms with Crippen molar-refractivity contribution < 1.29 is 34.4 Å². The molecule has 1 fully saturated rings. The fraction of sp³-hybridized carbons (Fsp3) is 0.448. The summed E-state index contributed by atoms with van der Waals surface area (Å²) in [6.45, 7) is 6.39. The van der Waals surface area contributed by atoms with Crippen LogP contribution in [0.15, 0.2) is 66.4 Å². The summed E-state index contributed by atoms with van der Waals surface area (Å²) in [6, 6.07) is 16.8. The number of aliphatic carboxylic acids is 1. The van der Waals surface area contributed by atoms with Gasteiger partial charge in [0.05, 0.1) is 35.4 Å². The van der Waals surface area contributed by atoms with Gasteiger partial charge in [-0.25, -0.2) is 4.79 Å². The van der Waals surface area contributed by atoms with Crippen molar-refractivity contribution in [1.29, 1.82) is 0 Å². The summed E-state index contributed by atoms with van der Waals surface area (Å²) in [4.78, 5) is 24.4. The molecule has 0 aliphatic heterocycles. The van der Waals surface area contributed by atoms with Gasteiger partial charge in [0, 0.05) is 18.9 Å². The molecule has 0 aromatic heterocycles. The molecule has 0 spiro atoms. The van der Waals surface area contributed by atoms with E-state index in [4.69, 9.17) is 9.47 Å². The van der Waals surface area contributed by atoms with Crippen LogP contribution in [0.3, 0.4) is 0 Å². The van der Waals surface area contributed by atoms with Gasteiger partial charge in [0.1, 0.15) is 6.10 Å². The molecule has 4 atom stereocenters. The summed E-state index contributed by atoms with van der Waals surface area (Å²) in [7, 11) is 0. The highest BCUT2D eigenvalue weighted by atomic mass is 16.5. The maximum atomic E-state index is 12.9. The first-order valence-electron chi connectivity index (χ1n) is 12.4. The van der Waals surface area contributed by atoms with Gasteiger partial charge < -0.3 is 24.8 Å². The third kappa shape index (κ3) is 7.18. The van der Waals surface area contributed by atoms with Gasteiger partial charge in [-0.1, -0.05) is 49.4 Å². The van der Waals surface area contributed by atoms with Crippen molar-refractivity contribution in [1.82, 2.24) is 0 Å². The Labute approximate surface area is 212 Å². The van der Waals surface area contributed by atoms with Crippen LogP contribution in [0.25, 0.3) is 11.1 Å². The van der Waals surface area contributed by atoms with E-state index in [1.807, 2.05) is 63.2 Å². The second-order valence-corrected chi connectivity index (χ2v) is 9.92. The van der Waals surface area contributed by atoms with Crippen LogP contribution < -0.4 is 0 Å². The zero-order chi connectivity index (χ0) is 26.3. The normalized spacial score (nSPS) is 22.4. The van der Waals surface area contributed by atoms with Crippen LogP contribution >= 0.6 is 0 Å². The van der Waals surface area contributed by atoms with Gasteiger partial charge in [-0.3, -0.25) is 4.79 Å². The average Bonchev–Trinajstić information content (AvgIpc) is 3.15. The van der Waals surface area contributed by atoms with Crippen LogP contribution in [0.2, 0.25) is 0 Å². The summed E-state index contributed by atoms with van der Waals surface area (Å²) >= 11 is 0. The van der Waals surface area contributed by atoms with Crippen molar-refractivity contribution in [3.05, 3.63) is 72.0 Å². The third-order valence-electron chi connectivity index (χ3n) is 6.57. The lowest BCUT2D eigenvalue weighted by atomic mass is 9.88. The van der Waals surface area contributed by atoms with Gasteiger partial charge in [0.2, 0.25) is 0 Å². The molecule has 0 heterocycles. The Hall–Kier alpha value is -3.16. The molecule has 2 aromatic rings. The van der Waals surface area contributed by atoms with E-state index in [1.165, 1.54) is 0 Å². The zero-order valence-electron chi connectivity index (χ0n) is 21.1. The first-order chi connectivity index (χ1) is 17.1. The highest BCUT2D eigenvalue weighted by Crippen LogP contribution is 2.41. The summed E-state index contributed by atoms with van der Waals surface area (Å²) in [6.07, 6.45) is 0.642. The topological polar surface area (TPSA) is 113 Å². The Balaban J connectivity index is 1.77. The highest BCUT2D eigenvalue weighted by molar-refractivity contribution is 5.90. The Morgan fingerprint density at radius 2 is 1.67 bits per heavy atom. The highest BCUT2D eigenvalue weighted by Gasteiger charge is 2.47. The smallest absolute Gasteiger partial charge is 0.338 e. The molecule has 36 heavy (non-hydrogen) atoms. The largest absolute Gasteiger partial charge is 0.512 e. The molecule has 0 saturated heterocycles. The summed E-state index contributed by atoms with van der Waals surface area (Å²) in [5, 5.41) is 30.9. The number of esters is 1. The molecule has 1 saturated carbocycles. The predicted octanol–water partition coefficient (Wildman–Crippen LogP) is 5.39. The molecule has 3 rings (SSSR count). The van der Waals surface area contributed by atoms with Gasteiger partial charge in [-0.05, 0) is 56.0 Å². The lowest BCUT2D eigenvalue weighted by molar-refractivity contribution is -0.139. The molecule has 1 aliphatic carbocycles. The Morgan fingerprint density at radius 1 is 1.03 bits per heavy atom. The first kappa shape index (κ1) is 27.4. The average molecular weight is 497 g/mol. The number of rotatable bonds is 11. The predicted molar refractivity (Wildman–Crippen MR) is 137 cm³/mol. The number of ether oxygens (including phenoxy) is 2. The Morgan fingerprint density at radius 3 is 2.28 bits per heavy atom. The van der Waals surface area contributed by atoms with E-state index in [1.54, 1.807) is 18.2 Å². The van der Waals surface area contributed by atoms with E-state index < -0.39 is 41.6 Å². The standard InChI is InChI=1S/C29H36O7/c1-4-16-35-29(2,3)15-14-23(30)27-22(17-26(32)33)24(31)18-25(27)36-28(34)21-12-10-20(11-13-21)19-8-6-5-7-9-19/h5-14,22,24-25,27,30-31H,4,15-18H2,1-3H3,(H,32,33)/t22-,24-,25-,27-/m0/s1. The van der Waals surface area contributed by atoms with Crippen LogP contribution in [0.1, 0.15) is 56.8 Å². The van der Waals surface area contributed by atoms with Crippen LogP contribution in [0.4, 0.5) is 0 Å². The van der Waals surface area contributed by atoms with Gasteiger partial charge in [-0.2, -0.15) is 0 Å². The third-order valence-corrected chi connectivity index (χ3v) is 6.57. The second-order valence-electron chi connectivity index (χ2n) is 9.92. The van der Waals surface area contributed by atoms with Crippen LogP contribution in [0.5, 0.6) is 0 Å². The summed E-state index contributed by atoms with van der Waals surface area (Å²) in [5.74, 6) is -3.38. The maximum Gasteiger partial charge on any atom is 0.338 e. The second kappa shape index (κ2) is 12.2. The van der Waals surface area contributed by atoms with Crippen molar-refractivity contribution in [2.75, 3.05) is 6.61 Å². The van der Waals surface area contributed by atoms with E-state index in [0.717, 1.165) is 17.5 Å². The van der Waals surface area contributed by atoms with Crippen LogP contribution in [-0.4, -0.2) is 51.7 Å². The first-order valence-corrected chi connectivity index (χ1v) is 12.4. The number of hydrogen-bond acceptors (Lipinski definition) is 6. The van der Waals surface area contributed by atoms with E-state index >= 15 is 0 Å².